The van der Waals surface area contributed by atoms with Crippen molar-refractivity contribution in [2.75, 3.05) is 12.4 Å². The first kappa shape index (κ1) is 19.1. The van der Waals surface area contributed by atoms with Crippen LogP contribution in [0.4, 0.5) is 0 Å². The van der Waals surface area contributed by atoms with Gasteiger partial charge in [-0.3, -0.25) is 4.79 Å². The maximum Gasteiger partial charge on any atom is 0.329 e. The highest BCUT2D eigenvalue weighted by Gasteiger charge is 2.42. The van der Waals surface area contributed by atoms with E-state index in [9.17, 15) is 9.59 Å². The van der Waals surface area contributed by atoms with Gasteiger partial charge >= 0.3 is 5.97 Å². The minimum absolute atomic E-state index is 0.0116. The lowest BCUT2D eigenvalue weighted by Crippen LogP contribution is -2.46. The Balaban J connectivity index is 2.20. The summed E-state index contributed by atoms with van der Waals surface area (Å²) in [7, 11) is 0. The Morgan fingerprint density at radius 1 is 1.29 bits per heavy atom. The molecule has 1 aromatic rings. The van der Waals surface area contributed by atoms with E-state index in [0.717, 1.165) is 25.7 Å². The Labute approximate surface area is 152 Å². The summed E-state index contributed by atoms with van der Waals surface area (Å²) in [6.07, 6.45) is 3.59. The topological polar surface area (TPSA) is 46.6 Å². The summed E-state index contributed by atoms with van der Waals surface area (Å²) in [6.45, 7) is 4.53. The third-order valence-corrected chi connectivity index (χ3v) is 5.67. The van der Waals surface area contributed by atoms with Crippen LogP contribution >= 0.6 is 23.4 Å². The first-order valence-electron chi connectivity index (χ1n) is 8.45. The third kappa shape index (κ3) is 4.45. The predicted octanol–water partition coefficient (Wildman–Crippen LogP) is 4.37. The first-order chi connectivity index (χ1) is 11.6. The van der Waals surface area contributed by atoms with Gasteiger partial charge in [0.15, 0.2) is 0 Å². The van der Waals surface area contributed by atoms with Crippen molar-refractivity contribution in [3.63, 3.8) is 0 Å². The van der Waals surface area contributed by atoms with Crippen molar-refractivity contribution in [2.45, 2.75) is 50.9 Å². The highest BCUT2D eigenvalue weighted by molar-refractivity contribution is 8.00. The van der Waals surface area contributed by atoms with Crippen LogP contribution < -0.4 is 0 Å². The van der Waals surface area contributed by atoms with Crippen LogP contribution in [-0.2, 0) is 9.53 Å². The fraction of sp³-hybridized carbons (Fsp3) is 0.556. The summed E-state index contributed by atoms with van der Waals surface area (Å²) in [5.41, 5.74) is 0.439. The lowest BCUT2D eigenvalue weighted by molar-refractivity contribution is -0.148. The van der Waals surface area contributed by atoms with Gasteiger partial charge in [-0.1, -0.05) is 50.4 Å². The SMILES string of the molecule is CCCCOC(=O)[C@H]1CS[C@@H](CCC)N1C(=O)c1ccccc1Cl. The van der Waals surface area contributed by atoms with E-state index >= 15 is 0 Å². The van der Waals surface area contributed by atoms with Crippen LogP contribution in [0.1, 0.15) is 49.9 Å². The molecule has 1 fully saturated rings. The van der Waals surface area contributed by atoms with Crippen molar-refractivity contribution in [1.82, 2.24) is 4.90 Å². The van der Waals surface area contributed by atoms with Gasteiger partial charge in [0.2, 0.25) is 0 Å². The average molecular weight is 370 g/mol. The second-order valence-electron chi connectivity index (χ2n) is 5.81. The highest BCUT2D eigenvalue weighted by Crippen LogP contribution is 2.35. The zero-order valence-corrected chi connectivity index (χ0v) is 15.7. The van der Waals surface area contributed by atoms with Crippen LogP contribution in [0, 0.1) is 0 Å². The minimum Gasteiger partial charge on any atom is -0.464 e. The number of ether oxygens (including phenoxy) is 1. The molecule has 132 valence electrons. The van der Waals surface area contributed by atoms with Gasteiger partial charge in [-0.05, 0) is 25.0 Å². The van der Waals surface area contributed by atoms with Crippen LogP contribution in [0.2, 0.25) is 5.02 Å². The number of unbranched alkanes of at least 4 members (excludes halogenated alkanes) is 1. The van der Waals surface area contributed by atoms with Crippen LogP contribution in [0.15, 0.2) is 24.3 Å². The largest absolute Gasteiger partial charge is 0.464 e. The predicted molar refractivity (Wildman–Crippen MR) is 98.4 cm³/mol. The lowest BCUT2D eigenvalue weighted by Gasteiger charge is -2.28. The number of hydrogen-bond donors (Lipinski definition) is 0. The lowest BCUT2D eigenvalue weighted by atomic mass is 10.1. The quantitative estimate of drug-likeness (QED) is 0.529. The molecule has 0 saturated carbocycles. The van der Waals surface area contributed by atoms with Crippen LogP contribution in [-0.4, -0.2) is 40.6 Å². The summed E-state index contributed by atoms with van der Waals surface area (Å²) in [5, 5.41) is 0.398. The Morgan fingerprint density at radius 2 is 2.04 bits per heavy atom. The van der Waals surface area contributed by atoms with E-state index in [-0.39, 0.29) is 17.3 Å². The molecule has 1 heterocycles. The van der Waals surface area contributed by atoms with Crippen LogP contribution in [0.5, 0.6) is 0 Å². The number of halogens is 1. The molecule has 1 saturated heterocycles. The molecule has 1 amide bonds. The zero-order chi connectivity index (χ0) is 17.5. The van der Waals surface area contributed by atoms with Crippen molar-refractivity contribution < 1.29 is 14.3 Å². The fourth-order valence-corrected chi connectivity index (χ4v) is 4.40. The Bertz CT molecular complexity index is 581. The van der Waals surface area contributed by atoms with Gasteiger partial charge in [0.05, 0.1) is 22.6 Å². The van der Waals surface area contributed by atoms with E-state index < -0.39 is 6.04 Å². The molecule has 1 aliphatic rings. The van der Waals surface area contributed by atoms with Crippen molar-refractivity contribution >= 4 is 35.2 Å². The molecule has 0 unspecified atom stereocenters. The summed E-state index contributed by atoms with van der Waals surface area (Å²) < 4.78 is 5.36. The summed E-state index contributed by atoms with van der Waals surface area (Å²) in [4.78, 5) is 27.1. The number of carbonyl (C=O) groups excluding carboxylic acids is 2. The molecule has 1 aliphatic heterocycles. The standard InChI is InChI=1S/C18H24ClNO3S/c1-3-5-11-23-18(22)15-12-24-16(8-4-2)20(15)17(21)13-9-6-7-10-14(13)19/h6-7,9-10,15-16H,3-5,8,11-12H2,1-2H3/t15-,16+/m1/s1. The number of hydrogen-bond acceptors (Lipinski definition) is 4. The zero-order valence-electron chi connectivity index (χ0n) is 14.2. The van der Waals surface area contributed by atoms with E-state index in [1.165, 1.54) is 0 Å². The molecule has 2 rings (SSSR count). The number of rotatable bonds is 7. The maximum atomic E-state index is 13.0. The number of carbonyl (C=O) groups is 2. The molecule has 2 atom stereocenters. The van der Waals surface area contributed by atoms with Gasteiger partial charge < -0.3 is 9.64 Å². The molecule has 1 aromatic carbocycles. The Hall–Kier alpha value is -1.20. The first-order valence-corrected chi connectivity index (χ1v) is 9.88. The molecule has 0 spiro atoms. The number of amides is 1. The Morgan fingerprint density at radius 3 is 2.71 bits per heavy atom. The van der Waals surface area contributed by atoms with Crippen molar-refractivity contribution in [1.29, 1.82) is 0 Å². The monoisotopic (exact) mass is 369 g/mol. The van der Waals surface area contributed by atoms with E-state index in [1.807, 2.05) is 6.92 Å². The molecule has 0 N–H and O–H groups in total. The molecule has 0 aromatic heterocycles. The summed E-state index contributed by atoms with van der Waals surface area (Å²) >= 11 is 7.82. The van der Waals surface area contributed by atoms with Crippen molar-refractivity contribution in [2.24, 2.45) is 0 Å². The highest BCUT2D eigenvalue weighted by atomic mass is 35.5. The third-order valence-electron chi connectivity index (χ3n) is 3.98. The number of nitrogens with zero attached hydrogens (tertiary/aromatic N) is 1. The van der Waals surface area contributed by atoms with E-state index in [1.54, 1.807) is 40.9 Å². The van der Waals surface area contributed by atoms with Gasteiger partial charge in [0.1, 0.15) is 6.04 Å². The molecular formula is C18H24ClNO3S. The summed E-state index contributed by atoms with van der Waals surface area (Å²) in [6, 6.07) is 6.44. The van der Waals surface area contributed by atoms with Gasteiger partial charge in [-0.25, -0.2) is 4.79 Å². The van der Waals surface area contributed by atoms with Crippen LogP contribution in [0.25, 0.3) is 0 Å². The number of benzene rings is 1. The van der Waals surface area contributed by atoms with E-state index in [4.69, 9.17) is 16.3 Å². The van der Waals surface area contributed by atoms with Crippen molar-refractivity contribution in [3.8, 4) is 0 Å². The normalized spacial score (nSPS) is 20.2. The number of esters is 1. The smallest absolute Gasteiger partial charge is 0.329 e. The maximum absolute atomic E-state index is 13.0. The number of thioether (sulfide) groups is 1. The van der Waals surface area contributed by atoms with Gasteiger partial charge in [-0.15, -0.1) is 11.8 Å². The molecule has 0 radical (unpaired) electrons. The second-order valence-corrected chi connectivity index (χ2v) is 7.42. The molecule has 0 aliphatic carbocycles. The molecule has 6 heteroatoms. The fourth-order valence-electron chi connectivity index (χ4n) is 2.67. The average Bonchev–Trinajstić information content (AvgIpc) is 2.99. The molecular weight excluding hydrogens is 346 g/mol. The van der Waals surface area contributed by atoms with Crippen LogP contribution in [0.3, 0.4) is 0 Å². The van der Waals surface area contributed by atoms with Gasteiger partial charge in [0.25, 0.3) is 5.91 Å². The minimum atomic E-state index is -0.535. The summed E-state index contributed by atoms with van der Waals surface area (Å²) in [5.74, 6) is 0.0719. The second kappa shape index (κ2) is 9.33. The molecule has 4 nitrogen and oxygen atoms in total. The van der Waals surface area contributed by atoms with Gasteiger partial charge in [0, 0.05) is 5.75 Å². The van der Waals surface area contributed by atoms with Gasteiger partial charge in [-0.2, -0.15) is 0 Å². The molecule has 0 bridgehead atoms. The van der Waals surface area contributed by atoms with Crippen molar-refractivity contribution in [3.05, 3.63) is 34.9 Å². The van der Waals surface area contributed by atoms with E-state index in [0.29, 0.717) is 22.9 Å². The molecule has 24 heavy (non-hydrogen) atoms. The van der Waals surface area contributed by atoms with E-state index in [2.05, 4.69) is 6.92 Å². The Kier molecular flexibility index (Phi) is 7.43.